The fraction of sp³-hybridized carbons (Fsp3) is 0.556. The molecule has 1 aromatic rings. The van der Waals surface area contributed by atoms with E-state index in [0.717, 1.165) is 26.2 Å². The third kappa shape index (κ3) is 7.10. The van der Waals surface area contributed by atoms with Gasteiger partial charge in [-0.2, -0.15) is 0 Å². The molecule has 0 atom stereocenters. The summed E-state index contributed by atoms with van der Waals surface area (Å²) >= 11 is 0. The molecule has 0 saturated heterocycles. The molecule has 0 bridgehead atoms. The molecule has 0 aliphatic rings. The lowest BCUT2D eigenvalue weighted by Crippen LogP contribution is -2.33. The third-order valence-electron chi connectivity index (χ3n) is 3.95. The van der Waals surface area contributed by atoms with Crippen molar-refractivity contribution in [1.82, 2.24) is 9.80 Å². The summed E-state index contributed by atoms with van der Waals surface area (Å²) in [4.78, 5) is 28.2. The summed E-state index contributed by atoms with van der Waals surface area (Å²) in [6.07, 6.45) is 0. The molecule has 134 valence electrons. The Balaban J connectivity index is 2.60. The van der Waals surface area contributed by atoms with E-state index in [9.17, 15) is 9.59 Å². The molecule has 0 saturated carbocycles. The monoisotopic (exact) mass is 334 g/mol. The molecular weight excluding hydrogens is 304 g/mol. The van der Waals surface area contributed by atoms with Gasteiger partial charge >= 0.3 is 0 Å². The fourth-order valence-corrected chi connectivity index (χ4v) is 2.38. The Morgan fingerprint density at radius 2 is 1.17 bits per heavy atom. The first kappa shape index (κ1) is 20.1. The lowest BCUT2D eigenvalue weighted by molar-refractivity contribution is -0.118. The molecule has 0 spiro atoms. The van der Waals surface area contributed by atoms with Crippen LogP contribution in [0.3, 0.4) is 0 Å². The average molecular weight is 334 g/mol. The standard InChI is InChI=1S/C18H30N4O2/c1-5-21(6-2)13-17(23)19-15-10-9-11-16(12-15)20-18(24)14-22(7-3)8-4/h9-12H,5-8,13-14H2,1-4H3,(H,19,23)(H,20,24). The minimum absolute atomic E-state index is 0.0506. The molecule has 0 radical (unpaired) electrons. The lowest BCUT2D eigenvalue weighted by atomic mass is 10.2. The highest BCUT2D eigenvalue weighted by atomic mass is 16.2. The van der Waals surface area contributed by atoms with Crippen LogP contribution in [-0.2, 0) is 9.59 Å². The quantitative estimate of drug-likeness (QED) is 0.689. The summed E-state index contributed by atoms with van der Waals surface area (Å²) in [5, 5.41) is 5.75. The maximum Gasteiger partial charge on any atom is 0.238 e. The summed E-state index contributed by atoms with van der Waals surface area (Å²) in [6.45, 7) is 12.2. The van der Waals surface area contributed by atoms with Gasteiger partial charge in [-0.25, -0.2) is 0 Å². The van der Waals surface area contributed by atoms with Crippen LogP contribution in [0.15, 0.2) is 24.3 Å². The van der Waals surface area contributed by atoms with Crippen LogP contribution in [0.25, 0.3) is 0 Å². The van der Waals surface area contributed by atoms with E-state index in [0.29, 0.717) is 24.5 Å². The van der Waals surface area contributed by atoms with Crippen molar-refractivity contribution >= 4 is 23.2 Å². The number of benzene rings is 1. The zero-order valence-electron chi connectivity index (χ0n) is 15.3. The third-order valence-corrected chi connectivity index (χ3v) is 3.95. The molecule has 2 amide bonds. The van der Waals surface area contributed by atoms with Crippen molar-refractivity contribution in [2.75, 3.05) is 49.9 Å². The first-order valence-corrected chi connectivity index (χ1v) is 8.66. The predicted molar refractivity (Wildman–Crippen MR) is 99.3 cm³/mol. The second kappa shape index (κ2) is 10.8. The topological polar surface area (TPSA) is 64.7 Å². The summed E-state index contributed by atoms with van der Waals surface area (Å²) in [5.74, 6) is -0.101. The molecule has 6 heteroatoms. The number of carbonyl (C=O) groups excluding carboxylic acids is 2. The maximum atomic E-state index is 12.1. The van der Waals surface area contributed by atoms with Crippen molar-refractivity contribution in [2.45, 2.75) is 27.7 Å². The summed E-state index contributed by atoms with van der Waals surface area (Å²) in [7, 11) is 0. The van der Waals surface area contributed by atoms with Gasteiger partial charge in [-0.05, 0) is 44.4 Å². The van der Waals surface area contributed by atoms with E-state index in [4.69, 9.17) is 0 Å². The largest absolute Gasteiger partial charge is 0.325 e. The molecule has 0 aliphatic heterocycles. The van der Waals surface area contributed by atoms with Gasteiger partial charge in [0.15, 0.2) is 0 Å². The highest BCUT2D eigenvalue weighted by molar-refractivity contribution is 5.95. The second-order valence-corrected chi connectivity index (χ2v) is 5.60. The lowest BCUT2D eigenvalue weighted by Gasteiger charge is -2.18. The summed E-state index contributed by atoms with van der Waals surface area (Å²) < 4.78 is 0. The Morgan fingerprint density at radius 3 is 1.50 bits per heavy atom. The van der Waals surface area contributed by atoms with E-state index in [2.05, 4.69) is 10.6 Å². The van der Waals surface area contributed by atoms with Gasteiger partial charge in [0.2, 0.25) is 11.8 Å². The van der Waals surface area contributed by atoms with Crippen LogP contribution in [0, 0.1) is 0 Å². The maximum absolute atomic E-state index is 12.1. The molecule has 0 fully saturated rings. The second-order valence-electron chi connectivity index (χ2n) is 5.60. The van der Waals surface area contributed by atoms with Gasteiger partial charge in [0.05, 0.1) is 13.1 Å². The van der Waals surface area contributed by atoms with Crippen LogP contribution in [0.4, 0.5) is 11.4 Å². The van der Waals surface area contributed by atoms with Crippen LogP contribution in [-0.4, -0.2) is 60.9 Å². The molecule has 1 rings (SSSR count). The molecule has 0 heterocycles. The van der Waals surface area contributed by atoms with E-state index in [1.54, 1.807) is 6.07 Å². The molecule has 0 aliphatic carbocycles. The van der Waals surface area contributed by atoms with Gasteiger partial charge in [0.25, 0.3) is 0 Å². The van der Waals surface area contributed by atoms with Crippen molar-refractivity contribution in [3.05, 3.63) is 24.3 Å². The predicted octanol–water partition coefficient (Wildman–Crippen LogP) is 2.25. The fourth-order valence-electron chi connectivity index (χ4n) is 2.38. The van der Waals surface area contributed by atoms with Crippen molar-refractivity contribution in [2.24, 2.45) is 0 Å². The van der Waals surface area contributed by atoms with E-state index < -0.39 is 0 Å². The SMILES string of the molecule is CCN(CC)CC(=O)Nc1cccc(NC(=O)CN(CC)CC)c1. The van der Waals surface area contributed by atoms with Crippen LogP contribution in [0.1, 0.15) is 27.7 Å². The van der Waals surface area contributed by atoms with Crippen molar-refractivity contribution in [3.63, 3.8) is 0 Å². The molecule has 0 unspecified atom stereocenters. The van der Waals surface area contributed by atoms with Gasteiger partial charge < -0.3 is 10.6 Å². The van der Waals surface area contributed by atoms with Gasteiger partial charge in [-0.3, -0.25) is 19.4 Å². The Labute approximate surface area is 145 Å². The van der Waals surface area contributed by atoms with Gasteiger partial charge in [-0.1, -0.05) is 33.8 Å². The Kier molecular flexibility index (Phi) is 9.04. The van der Waals surface area contributed by atoms with Crippen molar-refractivity contribution in [1.29, 1.82) is 0 Å². The van der Waals surface area contributed by atoms with Crippen LogP contribution < -0.4 is 10.6 Å². The number of nitrogens with zero attached hydrogens (tertiary/aromatic N) is 2. The minimum atomic E-state index is -0.0506. The average Bonchev–Trinajstić information content (AvgIpc) is 2.57. The number of likely N-dealkylation sites (N-methyl/N-ethyl adjacent to an activating group) is 2. The van der Waals surface area contributed by atoms with Crippen molar-refractivity contribution in [3.8, 4) is 0 Å². The molecule has 2 N–H and O–H groups in total. The highest BCUT2D eigenvalue weighted by Crippen LogP contribution is 2.15. The van der Waals surface area contributed by atoms with Crippen LogP contribution in [0.5, 0.6) is 0 Å². The van der Waals surface area contributed by atoms with Crippen LogP contribution >= 0.6 is 0 Å². The number of hydrogen-bond donors (Lipinski definition) is 2. The van der Waals surface area contributed by atoms with Crippen LogP contribution in [0.2, 0.25) is 0 Å². The highest BCUT2D eigenvalue weighted by Gasteiger charge is 2.10. The smallest absolute Gasteiger partial charge is 0.238 e. The number of nitrogens with one attached hydrogen (secondary N) is 2. The van der Waals surface area contributed by atoms with Gasteiger partial charge in [0, 0.05) is 11.4 Å². The number of rotatable bonds is 10. The van der Waals surface area contributed by atoms with E-state index >= 15 is 0 Å². The first-order chi connectivity index (χ1) is 11.5. The summed E-state index contributed by atoms with van der Waals surface area (Å²) in [5.41, 5.74) is 1.38. The normalized spacial score (nSPS) is 10.9. The number of hydrogen-bond acceptors (Lipinski definition) is 4. The van der Waals surface area contributed by atoms with E-state index in [-0.39, 0.29) is 11.8 Å². The molecule has 1 aromatic carbocycles. The van der Waals surface area contributed by atoms with E-state index in [1.165, 1.54) is 0 Å². The first-order valence-electron chi connectivity index (χ1n) is 8.66. The Bertz CT molecular complexity index is 482. The molecular formula is C18H30N4O2. The van der Waals surface area contributed by atoms with Gasteiger partial charge in [0.1, 0.15) is 0 Å². The summed E-state index contributed by atoms with van der Waals surface area (Å²) in [6, 6.07) is 7.24. The molecule has 24 heavy (non-hydrogen) atoms. The zero-order valence-corrected chi connectivity index (χ0v) is 15.3. The number of anilines is 2. The Morgan fingerprint density at radius 1 is 0.792 bits per heavy atom. The molecule has 0 aromatic heterocycles. The number of amides is 2. The molecule has 6 nitrogen and oxygen atoms in total. The van der Waals surface area contributed by atoms with E-state index in [1.807, 2.05) is 55.7 Å². The van der Waals surface area contributed by atoms with Crippen molar-refractivity contribution < 1.29 is 9.59 Å². The van der Waals surface area contributed by atoms with Gasteiger partial charge in [-0.15, -0.1) is 0 Å². The Hall–Kier alpha value is -1.92. The number of carbonyl (C=O) groups is 2. The minimum Gasteiger partial charge on any atom is -0.325 e. The zero-order chi connectivity index (χ0) is 17.9.